The normalized spacial score (nSPS) is 11.9. The lowest BCUT2D eigenvalue weighted by Crippen LogP contribution is -2.21. The fourth-order valence-corrected chi connectivity index (χ4v) is 4.70. The Morgan fingerprint density at radius 1 is 0.973 bits per heavy atom. The van der Waals surface area contributed by atoms with E-state index in [2.05, 4.69) is 29.9 Å². The number of H-pyrrole nitrogens is 2. The molecule has 5 aromatic heterocycles. The number of nitrogens with zero attached hydrogens (tertiary/aromatic N) is 4. The number of rotatable bonds is 6. The van der Waals surface area contributed by atoms with E-state index in [4.69, 9.17) is 4.98 Å². The molecule has 0 aliphatic carbocycles. The van der Waals surface area contributed by atoms with Gasteiger partial charge in [0.25, 0.3) is 0 Å². The predicted molar refractivity (Wildman–Crippen MR) is 139 cm³/mol. The number of sulfonamides is 1. The predicted octanol–water partition coefficient (Wildman–Crippen LogP) is 4.42. The van der Waals surface area contributed by atoms with Crippen molar-refractivity contribution >= 4 is 32.1 Å². The largest absolute Gasteiger partial charge is 0.338 e. The van der Waals surface area contributed by atoms with Crippen molar-refractivity contribution in [1.82, 2.24) is 34.9 Å². The van der Waals surface area contributed by atoms with Crippen LogP contribution in [0.2, 0.25) is 0 Å². The van der Waals surface area contributed by atoms with E-state index in [0.717, 1.165) is 34.1 Å². The van der Waals surface area contributed by atoms with Crippen LogP contribution in [-0.4, -0.2) is 44.8 Å². The third-order valence-corrected chi connectivity index (χ3v) is 6.60. The minimum atomic E-state index is -3.42. The summed E-state index contributed by atoms with van der Waals surface area (Å²) in [4.78, 5) is 16.9. The second-order valence-corrected chi connectivity index (χ2v) is 10.5. The molecular weight excluding hydrogens is 493 g/mol. The number of hydrogen-bond acceptors (Lipinski definition) is 6. The summed E-state index contributed by atoms with van der Waals surface area (Å²) < 4.78 is 39.9. The van der Waals surface area contributed by atoms with Gasteiger partial charge in [-0.05, 0) is 71.3 Å². The molecule has 0 aliphatic rings. The molecule has 0 atom stereocenters. The molecule has 6 aromatic rings. The van der Waals surface area contributed by atoms with Crippen molar-refractivity contribution in [2.24, 2.45) is 0 Å². The van der Waals surface area contributed by atoms with Gasteiger partial charge in [-0.15, -0.1) is 0 Å². The van der Waals surface area contributed by atoms with Gasteiger partial charge in [0.15, 0.2) is 0 Å². The maximum Gasteiger partial charge on any atom is 0.209 e. The summed E-state index contributed by atoms with van der Waals surface area (Å²) in [6.45, 7) is -0.0141. The highest BCUT2D eigenvalue weighted by atomic mass is 32.2. The molecule has 0 unspecified atom stereocenters. The Bertz CT molecular complexity index is 1880. The van der Waals surface area contributed by atoms with Gasteiger partial charge in [-0.1, -0.05) is 6.07 Å². The number of benzene rings is 1. The molecule has 0 radical (unpaired) electrons. The number of halogens is 1. The zero-order valence-electron chi connectivity index (χ0n) is 19.5. The minimum Gasteiger partial charge on any atom is -0.338 e. The fraction of sp³-hybridized carbons (Fsp3) is 0.0769. The van der Waals surface area contributed by atoms with Gasteiger partial charge in [-0.3, -0.25) is 10.1 Å². The molecule has 3 N–H and O–H groups in total. The summed E-state index contributed by atoms with van der Waals surface area (Å²) in [5.41, 5.74) is 6.70. The first kappa shape index (κ1) is 23.0. The molecule has 6 rings (SSSR count). The molecule has 0 bridgehead atoms. The van der Waals surface area contributed by atoms with Crippen LogP contribution >= 0.6 is 0 Å². The van der Waals surface area contributed by atoms with Gasteiger partial charge in [0, 0.05) is 24.3 Å². The van der Waals surface area contributed by atoms with E-state index in [1.807, 2.05) is 36.4 Å². The Kier molecular flexibility index (Phi) is 5.50. The molecule has 184 valence electrons. The third-order valence-electron chi connectivity index (χ3n) is 5.93. The van der Waals surface area contributed by atoms with Gasteiger partial charge in [0.1, 0.15) is 22.7 Å². The number of fused-ring (bicyclic) bond motifs is 2. The average Bonchev–Trinajstić information content (AvgIpc) is 3.51. The number of aromatic amines is 2. The number of pyridine rings is 3. The second-order valence-electron chi connectivity index (χ2n) is 8.63. The fourth-order valence-electron chi connectivity index (χ4n) is 4.27. The van der Waals surface area contributed by atoms with Crippen molar-refractivity contribution in [2.45, 2.75) is 6.54 Å². The van der Waals surface area contributed by atoms with Gasteiger partial charge in [0.2, 0.25) is 10.0 Å². The summed E-state index contributed by atoms with van der Waals surface area (Å²) in [6.07, 6.45) is 4.42. The molecule has 11 heteroatoms. The molecular formula is C26H20FN7O2S. The average molecular weight is 514 g/mol. The van der Waals surface area contributed by atoms with Crippen molar-refractivity contribution < 1.29 is 12.8 Å². The number of aromatic nitrogens is 6. The van der Waals surface area contributed by atoms with E-state index in [1.165, 1.54) is 12.1 Å². The molecule has 0 saturated heterocycles. The standard InChI is InChI=1S/C26H20FN7O2S/c1-37(35,36)30-14-15-10-16(12-17(27)11-15)18-7-9-29-26-19(18)13-23(32-26)25-24-22(33-34-25)6-5-21(31-24)20-4-2-3-8-28-20/h2-13,30H,14H2,1H3,(H,29,32)(H,33,34). The van der Waals surface area contributed by atoms with Crippen LogP contribution in [0.5, 0.6) is 0 Å². The Labute approximate surface area is 210 Å². The first-order valence-electron chi connectivity index (χ1n) is 11.3. The van der Waals surface area contributed by atoms with Crippen LogP contribution in [0.25, 0.3) is 56.0 Å². The third kappa shape index (κ3) is 4.57. The van der Waals surface area contributed by atoms with E-state index in [-0.39, 0.29) is 6.54 Å². The SMILES string of the molecule is CS(=O)(=O)NCc1cc(F)cc(-c2ccnc3[nH]c(-c4n[nH]c5ccc(-c6ccccn6)nc45)cc23)c1. The molecule has 0 aliphatic heterocycles. The summed E-state index contributed by atoms with van der Waals surface area (Å²) in [5.74, 6) is -0.465. The lowest BCUT2D eigenvalue weighted by Gasteiger charge is -2.08. The van der Waals surface area contributed by atoms with Crippen LogP contribution in [0.3, 0.4) is 0 Å². The van der Waals surface area contributed by atoms with E-state index in [0.29, 0.717) is 33.7 Å². The van der Waals surface area contributed by atoms with Crippen molar-refractivity contribution in [1.29, 1.82) is 0 Å². The van der Waals surface area contributed by atoms with Crippen LogP contribution in [-0.2, 0) is 16.6 Å². The van der Waals surface area contributed by atoms with E-state index in [1.54, 1.807) is 24.5 Å². The Morgan fingerprint density at radius 2 is 1.86 bits per heavy atom. The second kappa shape index (κ2) is 8.87. The maximum absolute atomic E-state index is 14.5. The van der Waals surface area contributed by atoms with Gasteiger partial charge in [-0.25, -0.2) is 27.5 Å². The van der Waals surface area contributed by atoms with Crippen LogP contribution in [0.4, 0.5) is 4.39 Å². The van der Waals surface area contributed by atoms with Gasteiger partial charge in [0.05, 0.1) is 28.9 Å². The van der Waals surface area contributed by atoms with Gasteiger partial charge >= 0.3 is 0 Å². The Balaban J connectivity index is 1.44. The lowest BCUT2D eigenvalue weighted by atomic mass is 10.0. The lowest BCUT2D eigenvalue weighted by molar-refractivity contribution is 0.586. The van der Waals surface area contributed by atoms with Crippen molar-refractivity contribution in [3.63, 3.8) is 0 Å². The smallest absolute Gasteiger partial charge is 0.209 e. The first-order chi connectivity index (χ1) is 17.8. The molecule has 0 fully saturated rings. The monoisotopic (exact) mass is 513 g/mol. The zero-order chi connectivity index (χ0) is 25.6. The number of nitrogens with one attached hydrogen (secondary N) is 3. The first-order valence-corrected chi connectivity index (χ1v) is 13.2. The Morgan fingerprint density at radius 3 is 2.68 bits per heavy atom. The molecule has 0 amide bonds. The van der Waals surface area contributed by atoms with Crippen molar-refractivity contribution in [3.8, 4) is 33.9 Å². The van der Waals surface area contributed by atoms with Gasteiger partial charge < -0.3 is 4.98 Å². The minimum absolute atomic E-state index is 0.0141. The van der Waals surface area contributed by atoms with Crippen LogP contribution < -0.4 is 4.72 Å². The van der Waals surface area contributed by atoms with E-state index < -0.39 is 15.8 Å². The highest BCUT2D eigenvalue weighted by molar-refractivity contribution is 7.88. The summed E-state index contributed by atoms with van der Waals surface area (Å²) >= 11 is 0. The van der Waals surface area contributed by atoms with E-state index >= 15 is 0 Å². The van der Waals surface area contributed by atoms with Crippen molar-refractivity contribution in [2.75, 3.05) is 6.26 Å². The van der Waals surface area contributed by atoms with Crippen LogP contribution in [0.1, 0.15) is 5.56 Å². The molecule has 0 saturated carbocycles. The molecule has 5 heterocycles. The summed E-state index contributed by atoms with van der Waals surface area (Å²) in [6, 6.07) is 17.6. The summed E-state index contributed by atoms with van der Waals surface area (Å²) in [5, 5.41) is 8.27. The quantitative estimate of drug-likeness (QED) is 0.302. The molecule has 0 spiro atoms. The summed E-state index contributed by atoms with van der Waals surface area (Å²) in [7, 11) is -3.42. The maximum atomic E-state index is 14.5. The van der Waals surface area contributed by atoms with E-state index in [9.17, 15) is 12.8 Å². The highest BCUT2D eigenvalue weighted by Gasteiger charge is 2.17. The Hall–Kier alpha value is -4.48. The number of hydrogen-bond donors (Lipinski definition) is 3. The zero-order valence-corrected chi connectivity index (χ0v) is 20.3. The van der Waals surface area contributed by atoms with Gasteiger partial charge in [-0.2, -0.15) is 5.10 Å². The molecule has 37 heavy (non-hydrogen) atoms. The highest BCUT2D eigenvalue weighted by Crippen LogP contribution is 2.34. The van der Waals surface area contributed by atoms with Crippen molar-refractivity contribution in [3.05, 3.63) is 84.4 Å². The molecule has 1 aromatic carbocycles. The van der Waals surface area contributed by atoms with Crippen LogP contribution in [0, 0.1) is 5.82 Å². The van der Waals surface area contributed by atoms with Crippen LogP contribution in [0.15, 0.2) is 73.1 Å². The molecule has 9 nitrogen and oxygen atoms in total. The topological polar surface area (TPSA) is 129 Å².